The van der Waals surface area contributed by atoms with Gasteiger partial charge in [-0.15, -0.1) is 0 Å². The highest BCUT2D eigenvalue weighted by atomic mass is 28.3. The SMILES string of the molecule is Cc1ccc(N=C(c2ccccc2)c2ncccc2C)c(O[SiH](C)C)c1. The van der Waals surface area contributed by atoms with Crippen molar-refractivity contribution in [3.8, 4) is 5.75 Å². The van der Waals surface area contributed by atoms with Crippen LogP contribution in [0.3, 0.4) is 0 Å². The predicted molar refractivity (Wildman–Crippen MR) is 111 cm³/mol. The first-order valence-corrected chi connectivity index (χ1v) is 11.7. The number of pyridine rings is 1. The van der Waals surface area contributed by atoms with Gasteiger partial charge in [0.1, 0.15) is 11.4 Å². The van der Waals surface area contributed by atoms with E-state index in [-0.39, 0.29) is 0 Å². The quantitative estimate of drug-likeness (QED) is 0.461. The fourth-order valence-electron chi connectivity index (χ4n) is 2.77. The molecule has 1 heterocycles. The van der Waals surface area contributed by atoms with E-state index in [0.29, 0.717) is 0 Å². The lowest BCUT2D eigenvalue weighted by atomic mass is 10.0. The molecule has 132 valence electrons. The second-order valence-corrected chi connectivity index (χ2v) is 8.97. The number of hydrogen-bond acceptors (Lipinski definition) is 3. The highest BCUT2D eigenvalue weighted by Crippen LogP contribution is 2.31. The van der Waals surface area contributed by atoms with Gasteiger partial charge >= 0.3 is 0 Å². The summed E-state index contributed by atoms with van der Waals surface area (Å²) in [7, 11) is -1.23. The van der Waals surface area contributed by atoms with Gasteiger partial charge in [-0.3, -0.25) is 4.98 Å². The number of aliphatic imine (C=N–C) groups is 1. The molecule has 3 aromatic rings. The zero-order chi connectivity index (χ0) is 18.5. The van der Waals surface area contributed by atoms with Crippen LogP contribution < -0.4 is 4.43 Å². The second kappa shape index (κ2) is 8.10. The summed E-state index contributed by atoms with van der Waals surface area (Å²) in [5.74, 6) is 0.855. The third-order valence-electron chi connectivity index (χ3n) is 3.99. The normalized spacial score (nSPS) is 11.7. The standard InChI is InChI=1S/C22H24N2OSi/c1-16-12-13-19(20(15-16)25-26(3)4)24-22(18-10-6-5-7-11-18)21-17(2)9-8-14-23-21/h5-15,26H,1-4H3. The maximum atomic E-state index is 6.14. The molecule has 0 unspecified atom stereocenters. The Hall–Kier alpha value is -2.72. The van der Waals surface area contributed by atoms with E-state index in [1.54, 1.807) is 0 Å². The maximum Gasteiger partial charge on any atom is 0.229 e. The van der Waals surface area contributed by atoms with Gasteiger partial charge in [0.2, 0.25) is 9.04 Å². The van der Waals surface area contributed by atoms with Gasteiger partial charge in [-0.05, 0) is 56.3 Å². The Morgan fingerprint density at radius 2 is 1.73 bits per heavy atom. The molecule has 0 aliphatic rings. The van der Waals surface area contributed by atoms with Crippen LogP contribution in [0.15, 0.2) is 71.9 Å². The zero-order valence-electron chi connectivity index (χ0n) is 15.7. The van der Waals surface area contributed by atoms with Crippen molar-refractivity contribution in [3.63, 3.8) is 0 Å². The summed E-state index contributed by atoms with van der Waals surface area (Å²) in [4.78, 5) is 9.60. The highest BCUT2D eigenvalue weighted by Gasteiger charge is 2.13. The van der Waals surface area contributed by atoms with Crippen LogP contribution in [0.1, 0.15) is 22.4 Å². The Kier molecular flexibility index (Phi) is 5.64. The monoisotopic (exact) mass is 360 g/mol. The van der Waals surface area contributed by atoms with Crippen LogP contribution >= 0.6 is 0 Å². The van der Waals surface area contributed by atoms with Crippen molar-refractivity contribution in [2.24, 2.45) is 4.99 Å². The highest BCUT2D eigenvalue weighted by molar-refractivity contribution is 6.49. The summed E-state index contributed by atoms with van der Waals surface area (Å²) in [5, 5.41) is 0. The van der Waals surface area contributed by atoms with Crippen molar-refractivity contribution in [1.29, 1.82) is 0 Å². The molecule has 3 rings (SSSR count). The molecular formula is C22H24N2OSi. The minimum Gasteiger partial charge on any atom is -0.546 e. The molecule has 0 saturated heterocycles. The van der Waals surface area contributed by atoms with Crippen molar-refractivity contribution >= 4 is 20.4 Å². The van der Waals surface area contributed by atoms with Gasteiger partial charge < -0.3 is 4.43 Å². The van der Waals surface area contributed by atoms with Crippen molar-refractivity contribution in [2.45, 2.75) is 26.9 Å². The number of rotatable bonds is 5. The minimum absolute atomic E-state index is 0.848. The van der Waals surface area contributed by atoms with Crippen LogP contribution in [0.25, 0.3) is 0 Å². The number of aryl methyl sites for hydroxylation is 2. The third kappa shape index (κ3) is 4.27. The van der Waals surface area contributed by atoms with E-state index in [1.807, 2.05) is 36.5 Å². The molecule has 0 saturated carbocycles. The molecule has 0 bridgehead atoms. The van der Waals surface area contributed by atoms with E-state index in [1.165, 1.54) is 5.56 Å². The molecular weight excluding hydrogens is 336 g/mol. The maximum absolute atomic E-state index is 6.14. The van der Waals surface area contributed by atoms with Gasteiger partial charge in [-0.25, -0.2) is 4.99 Å². The predicted octanol–water partition coefficient (Wildman–Crippen LogP) is 5.23. The van der Waals surface area contributed by atoms with E-state index in [0.717, 1.165) is 34.0 Å². The van der Waals surface area contributed by atoms with Gasteiger partial charge in [0.15, 0.2) is 0 Å². The van der Waals surface area contributed by atoms with Crippen LogP contribution in [0.5, 0.6) is 5.75 Å². The molecule has 0 spiro atoms. The molecule has 0 atom stereocenters. The zero-order valence-corrected chi connectivity index (χ0v) is 16.9. The van der Waals surface area contributed by atoms with Gasteiger partial charge in [0.05, 0.1) is 11.4 Å². The molecule has 0 aliphatic heterocycles. The fourth-order valence-corrected chi connectivity index (χ4v) is 3.46. The lowest BCUT2D eigenvalue weighted by Crippen LogP contribution is -2.12. The van der Waals surface area contributed by atoms with Crippen molar-refractivity contribution in [2.75, 3.05) is 0 Å². The molecule has 0 amide bonds. The Morgan fingerprint density at radius 3 is 2.42 bits per heavy atom. The summed E-state index contributed by atoms with van der Waals surface area (Å²) in [6.07, 6.45) is 1.81. The van der Waals surface area contributed by atoms with E-state index in [9.17, 15) is 0 Å². The van der Waals surface area contributed by atoms with E-state index in [4.69, 9.17) is 9.42 Å². The van der Waals surface area contributed by atoms with Gasteiger partial charge in [0.25, 0.3) is 0 Å². The van der Waals surface area contributed by atoms with Crippen LogP contribution in [-0.4, -0.2) is 19.7 Å². The fraction of sp³-hybridized carbons (Fsp3) is 0.182. The smallest absolute Gasteiger partial charge is 0.229 e. The topological polar surface area (TPSA) is 34.5 Å². The van der Waals surface area contributed by atoms with E-state index in [2.05, 4.69) is 62.3 Å². The lowest BCUT2D eigenvalue weighted by Gasteiger charge is -2.15. The minimum atomic E-state index is -1.23. The molecule has 3 nitrogen and oxygen atoms in total. The molecule has 0 fully saturated rings. The first kappa shape index (κ1) is 18.1. The number of hydrogen-bond donors (Lipinski definition) is 0. The lowest BCUT2D eigenvalue weighted by molar-refractivity contribution is 0.581. The van der Waals surface area contributed by atoms with E-state index >= 15 is 0 Å². The summed E-state index contributed by atoms with van der Waals surface area (Å²) >= 11 is 0. The Bertz CT molecular complexity index is 920. The second-order valence-electron chi connectivity index (χ2n) is 6.63. The van der Waals surface area contributed by atoms with Crippen LogP contribution in [0.4, 0.5) is 5.69 Å². The summed E-state index contributed by atoms with van der Waals surface area (Å²) < 4.78 is 6.14. The van der Waals surface area contributed by atoms with Crippen LogP contribution in [0.2, 0.25) is 13.1 Å². The first-order valence-electron chi connectivity index (χ1n) is 8.88. The van der Waals surface area contributed by atoms with Gasteiger partial charge in [0, 0.05) is 11.8 Å². The largest absolute Gasteiger partial charge is 0.546 e. The van der Waals surface area contributed by atoms with E-state index < -0.39 is 9.04 Å². The van der Waals surface area contributed by atoms with Crippen molar-refractivity contribution in [3.05, 3.63) is 89.2 Å². The third-order valence-corrected chi connectivity index (χ3v) is 4.72. The number of benzene rings is 2. The molecule has 4 heteroatoms. The van der Waals surface area contributed by atoms with Crippen LogP contribution in [-0.2, 0) is 0 Å². The average Bonchev–Trinajstić information content (AvgIpc) is 2.62. The average molecular weight is 361 g/mol. The van der Waals surface area contributed by atoms with Crippen LogP contribution in [0, 0.1) is 13.8 Å². The molecule has 26 heavy (non-hydrogen) atoms. The molecule has 0 N–H and O–H groups in total. The first-order chi connectivity index (χ1) is 12.5. The van der Waals surface area contributed by atoms with Gasteiger partial charge in [-0.2, -0.15) is 0 Å². The Balaban J connectivity index is 2.19. The molecule has 2 aromatic carbocycles. The molecule has 0 radical (unpaired) electrons. The van der Waals surface area contributed by atoms with Crippen molar-refractivity contribution in [1.82, 2.24) is 4.98 Å². The van der Waals surface area contributed by atoms with Crippen molar-refractivity contribution < 1.29 is 4.43 Å². The number of nitrogens with zero attached hydrogens (tertiary/aromatic N) is 2. The Morgan fingerprint density at radius 1 is 0.962 bits per heavy atom. The molecule has 1 aromatic heterocycles. The summed E-state index contributed by atoms with van der Waals surface area (Å²) in [5.41, 5.74) is 5.92. The summed E-state index contributed by atoms with van der Waals surface area (Å²) in [6.45, 7) is 8.46. The number of aromatic nitrogens is 1. The Labute approximate surface area is 157 Å². The summed E-state index contributed by atoms with van der Waals surface area (Å²) in [6, 6.07) is 20.4. The molecule has 0 aliphatic carbocycles. The van der Waals surface area contributed by atoms with Gasteiger partial charge in [-0.1, -0.05) is 42.5 Å².